The smallest absolute Gasteiger partial charge is 0.308 e. The minimum atomic E-state index is -0.215. The maximum absolute atomic E-state index is 11.7. The molecule has 1 aliphatic carbocycles. The molecule has 0 aromatic carbocycles. The van der Waals surface area contributed by atoms with Crippen LogP contribution in [0.3, 0.4) is 0 Å². The SMILES string of the molecule is CCOC(=O)C1CCC(OC[C@@H]2C[C@@H](O)CN2C)CC1. The molecule has 0 bridgehead atoms. The van der Waals surface area contributed by atoms with Gasteiger partial charge in [-0.3, -0.25) is 9.69 Å². The van der Waals surface area contributed by atoms with E-state index in [1.807, 2.05) is 14.0 Å². The third-order valence-corrected chi connectivity index (χ3v) is 4.48. The van der Waals surface area contributed by atoms with E-state index in [9.17, 15) is 9.90 Å². The lowest BCUT2D eigenvalue weighted by Gasteiger charge is -2.29. The summed E-state index contributed by atoms with van der Waals surface area (Å²) >= 11 is 0. The summed E-state index contributed by atoms with van der Waals surface area (Å²) in [6.45, 7) is 3.73. The fourth-order valence-corrected chi connectivity index (χ4v) is 3.22. The normalized spacial score (nSPS) is 35.1. The van der Waals surface area contributed by atoms with E-state index in [1.165, 1.54) is 0 Å². The van der Waals surface area contributed by atoms with Crippen LogP contribution >= 0.6 is 0 Å². The second-order valence-corrected chi connectivity index (χ2v) is 6.04. The van der Waals surface area contributed by atoms with Crippen LogP contribution in [0.1, 0.15) is 39.0 Å². The van der Waals surface area contributed by atoms with E-state index in [-0.39, 0.29) is 24.1 Å². The summed E-state index contributed by atoms with van der Waals surface area (Å²) in [4.78, 5) is 13.8. The number of ether oxygens (including phenoxy) is 2. The summed E-state index contributed by atoms with van der Waals surface area (Å²) in [6.07, 6.45) is 4.44. The molecule has 5 heteroatoms. The first-order valence-corrected chi connectivity index (χ1v) is 7.76. The third kappa shape index (κ3) is 4.17. The lowest BCUT2D eigenvalue weighted by atomic mass is 9.87. The first-order valence-electron chi connectivity index (χ1n) is 7.76. The fraction of sp³-hybridized carbons (Fsp3) is 0.933. The van der Waals surface area contributed by atoms with E-state index in [4.69, 9.17) is 9.47 Å². The molecule has 0 amide bonds. The minimum Gasteiger partial charge on any atom is -0.466 e. The van der Waals surface area contributed by atoms with Gasteiger partial charge in [-0.05, 0) is 46.1 Å². The monoisotopic (exact) mass is 285 g/mol. The number of hydrogen-bond donors (Lipinski definition) is 1. The van der Waals surface area contributed by atoms with Gasteiger partial charge in [-0.25, -0.2) is 0 Å². The number of aliphatic hydroxyl groups excluding tert-OH is 1. The van der Waals surface area contributed by atoms with Gasteiger partial charge >= 0.3 is 5.97 Å². The van der Waals surface area contributed by atoms with Gasteiger partial charge in [0.05, 0.1) is 31.3 Å². The Bertz CT molecular complexity index is 315. The molecule has 1 saturated carbocycles. The molecule has 5 nitrogen and oxygen atoms in total. The standard InChI is InChI=1S/C15H27NO4/c1-3-19-15(18)11-4-6-14(7-5-11)20-10-12-8-13(17)9-16(12)2/h11-14,17H,3-10H2,1-2H3/t11?,12-,13+,14?/m0/s1. The van der Waals surface area contributed by atoms with Gasteiger partial charge in [0.1, 0.15) is 0 Å². The highest BCUT2D eigenvalue weighted by atomic mass is 16.5. The van der Waals surface area contributed by atoms with Crippen LogP contribution in [0.25, 0.3) is 0 Å². The highest BCUT2D eigenvalue weighted by Gasteiger charge is 2.31. The highest BCUT2D eigenvalue weighted by molar-refractivity contribution is 5.72. The predicted molar refractivity (Wildman–Crippen MR) is 75.4 cm³/mol. The van der Waals surface area contributed by atoms with Crippen molar-refractivity contribution in [3.05, 3.63) is 0 Å². The van der Waals surface area contributed by atoms with Gasteiger partial charge in [0.2, 0.25) is 0 Å². The van der Waals surface area contributed by atoms with E-state index in [0.717, 1.165) is 38.6 Å². The Morgan fingerprint density at radius 1 is 1.30 bits per heavy atom. The molecule has 0 aromatic heterocycles. The Morgan fingerprint density at radius 2 is 2.00 bits per heavy atom. The molecule has 0 radical (unpaired) electrons. The summed E-state index contributed by atoms with van der Waals surface area (Å²) in [5.41, 5.74) is 0. The van der Waals surface area contributed by atoms with Gasteiger partial charge in [0.25, 0.3) is 0 Å². The topological polar surface area (TPSA) is 59.0 Å². The summed E-state index contributed by atoms with van der Waals surface area (Å²) in [5, 5.41) is 9.60. The molecule has 1 saturated heterocycles. The number of rotatable bonds is 5. The number of β-amino-alcohol motifs (C(OH)–C–C–N with tert-alkyl or cyclic N) is 1. The minimum absolute atomic E-state index is 0.0513. The number of esters is 1. The van der Waals surface area contributed by atoms with Gasteiger partial charge in [-0.2, -0.15) is 0 Å². The molecule has 2 fully saturated rings. The Balaban J connectivity index is 1.66. The van der Waals surface area contributed by atoms with Crippen molar-refractivity contribution in [3.8, 4) is 0 Å². The summed E-state index contributed by atoms with van der Waals surface area (Å²) in [7, 11) is 2.03. The molecule has 1 aliphatic heterocycles. The third-order valence-electron chi connectivity index (χ3n) is 4.48. The maximum atomic E-state index is 11.7. The second kappa shape index (κ2) is 7.38. The van der Waals surface area contributed by atoms with Crippen LogP contribution in [-0.2, 0) is 14.3 Å². The van der Waals surface area contributed by atoms with Crippen molar-refractivity contribution >= 4 is 5.97 Å². The van der Waals surface area contributed by atoms with Crippen molar-refractivity contribution in [1.82, 2.24) is 4.90 Å². The second-order valence-electron chi connectivity index (χ2n) is 6.04. The van der Waals surface area contributed by atoms with E-state index in [2.05, 4.69) is 4.90 Å². The first-order chi connectivity index (χ1) is 9.60. The number of likely N-dealkylation sites (N-methyl/N-ethyl adjacent to an activating group) is 1. The van der Waals surface area contributed by atoms with Gasteiger partial charge < -0.3 is 14.6 Å². The first kappa shape index (κ1) is 15.7. The summed E-state index contributed by atoms with van der Waals surface area (Å²) in [5.74, 6) is 0.00961. The fourth-order valence-electron chi connectivity index (χ4n) is 3.22. The van der Waals surface area contributed by atoms with Gasteiger partial charge in [0, 0.05) is 12.6 Å². The van der Waals surface area contributed by atoms with Crippen molar-refractivity contribution < 1.29 is 19.4 Å². The van der Waals surface area contributed by atoms with Crippen molar-refractivity contribution in [2.75, 3.05) is 26.8 Å². The zero-order chi connectivity index (χ0) is 14.5. The van der Waals surface area contributed by atoms with Crippen molar-refractivity contribution in [2.24, 2.45) is 5.92 Å². The van der Waals surface area contributed by atoms with E-state index >= 15 is 0 Å². The zero-order valence-corrected chi connectivity index (χ0v) is 12.6. The van der Waals surface area contributed by atoms with Gasteiger partial charge in [-0.1, -0.05) is 0 Å². The van der Waals surface area contributed by atoms with Crippen LogP contribution < -0.4 is 0 Å². The molecular formula is C15H27NO4. The van der Waals surface area contributed by atoms with E-state index in [0.29, 0.717) is 19.3 Å². The lowest BCUT2D eigenvalue weighted by Crippen LogP contribution is -2.33. The Kier molecular flexibility index (Phi) is 5.81. The maximum Gasteiger partial charge on any atom is 0.308 e. The number of aliphatic hydroxyl groups is 1. The lowest BCUT2D eigenvalue weighted by molar-refractivity contribution is -0.150. The number of hydrogen-bond acceptors (Lipinski definition) is 5. The Labute approximate surface area is 121 Å². The Morgan fingerprint density at radius 3 is 2.55 bits per heavy atom. The summed E-state index contributed by atoms with van der Waals surface area (Å²) < 4.78 is 11.0. The van der Waals surface area contributed by atoms with Crippen LogP contribution in [0, 0.1) is 5.92 Å². The average Bonchev–Trinajstić information content (AvgIpc) is 2.75. The predicted octanol–water partition coefficient (Wildman–Crippen LogP) is 1.19. The van der Waals surface area contributed by atoms with Gasteiger partial charge in [-0.15, -0.1) is 0 Å². The highest BCUT2D eigenvalue weighted by Crippen LogP contribution is 2.28. The molecular weight excluding hydrogens is 258 g/mol. The number of nitrogens with zero attached hydrogens (tertiary/aromatic N) is 1. The molecule has 2 rings (SSSR count). The molecule has 116 valence electrons. The Hall–Kier alpha value is -0.650. The van der Waals surface area contributed by atoms with Crippen molar-refractivity contribution in [3.63, 3.8) is 0 Å². The number of carbonyl (C=O) groups is 1. The quantitative estimate of drug-likeness (QED) is 0.769. The molecule has 20 heavy (non-hydrogen) atoms. The zero-order valence-electron chi connectivity index (χ0n) is 12.6. The molecule has 1 heterocycles. The van der Waals surface area contributed by atoms with Crippen LogP contribution in [0.4, 0.5) is 0 Å². The molecule has 0 aromatic rings. The average molecular weight is 285 g/mol. The molecule has 2 aliphatic rings. The number of likely N-dealkylation sites (tertiary alicyclic amines) is 1. The molecule has 0 spiro atoms. The van der Waals surface area contributed by atoms with Crippen LogP contribution in [0.5, 0.6) is 0 Å². The van der Waals surface area contributed by atoms with E-state index in [1.54, 1.807) is 0 Å². The molecule has 1 N–H and O–H groups in total. The van der Waals surface area contributed by atoms with Crippen molar-refractivity contribution in [1.29, 1.82) is 0 Å². The van der Waals surface area contributed by atoms with E-state index < -0.39 is 0 Å². The largest absolute Gasteiger partial charge is 0.466 e. The van der Waals surface area contributed by atoms with Crippen LogP contribution in [-0.4, -0.2) is 61.0 Å². The van der Waals surface area contributed by atoms with Crippen LogP contribution in [0.2, 0.25) is 0 Å². The molecule has 0 unspecified atom stereocenters. The summed E-state index contributed by atoms with van der Waals surface area (Å²) in [6, 6.07) is 0.327. The van der Waals surface area contributed by atoms with Crippen LogP contribution in [0.15, 0.2) is 0 Å². The van der Waals surface area contributed by atoms with Crippen molar-refractivity contribution in [2.45, 2.75) is 57.3 Å². The molecule has 2 atom stereocenters. The number of carbonyl (C=O) groups excluding carboxylic acids is 1. The van der Waals surface area contributed by atoms with Gasteiger partial charge in [0.15, 0.2) is 0 Å².